The molecule has 4 nitrogen and oxygen atoms in total. The van der Waals surface area contributed by atoms with Crippen LogP contribution in [0.3, 0.4) is 0 Å². The Morgan fingerprint density at radius 1 is 1.44 bits per heavy atom. The second-order valence-corrected chi connectivity index (χ2v) is 4.36. The average Bonchev–Trinajstić information content (AvgIpc) is 2.37. The van der Waals surface area contributed by atoms with E-state index in [4.69, 9.17) is 4.74 Å². The molecular weight excluding hydrogens is 237 g/mol. The van der Waals surface area contributed by atoms with Crippen molar-refractivity contribution in [1.82, 2.24) is 4.90 Å². The van der Waals surface area contributed by atoms with Gasteiger partial charge in [-0.2, -0.15) is 0 Å². The van der Waals surface area contributed by atoms with E-state index < -0.39 is 0 Å². The Kier molecular flexibility index (Phi) is 4.15. The Labute approximate surface area is 105 Å². The number of carbonyl (C=O) groups excluding carboxylic acids is 1. The van der Waals surface area contributed by atoms with Crippen LogP contribution in [0.4, 0.5) is 4.39 Å². The Morgan fingerprint density at radius 3 is 2.83 bits per heavy atom. The maximum atomic E-state index is 12.9. The zero-order valence-electron chi connectivity index (χ0n) is 10.0. The van der Waals surface area contributed by atoms with Crippen molar-refractivity contribution in [3.8, 4) is 5.75 Å². The van der Waals surface area contributed by atoms with Crippen molar-refractivity contribution >= 4 is 5.91 Å². The molecule has 1 aliphatic rings. The lowest BCUT2D eigenvalue weighted by molar-refractivity contribution is -0.135. The van der Waals surface area contributed by atoms with E-state index >= 15 is 0 Å². The highest BCUT2D eigenvalue weighted by Crippen LogP contribution is 2.13. The monoisotopic (exact) mass is 253 g/mol. The summed E-state index contributed by atoms with van der Waals surface area (Å²) in [4.78, 5) is 13.4. The fraction of sp³-hybridized carbons (Fsp3) is 0.462. The summed E-state index contributed by atoms with van der Waals surface area (Å²) >= 11 is 0. The molecule has 1 fully saturated rings. The topological polar surface area (TPSA) is 49.8 Å². The van der Waals surface area contributed by atoms with Crippen molar-refractivity contribution in [3.05, 3.63) is 30.1 Å². The number of aliphatic hydroxyl groups is 1. The number of hydrogen-bond acceptors (Lipinski definition) is 3. The lowest BCUT2D eigenvalue weighted by Gasteiger charge is -2.29. The van der Waals surface area contributed by atoms with Crippen LogP contribution in [0.15, 0.2) is 24.3 Å². The molecule has 2 rings (SSSR count). The van der Waals surface area contributed by atoms with Gasteiger partial charge in [0.1, 0.15) is 11.6 Å². The molecule has 1 saturated heterocycles. The van der Waals surface area contributed by atoms with Crippen LogP contribution in [0.25, 0.3) is 0 Å². The molecule has 18 heavy (non-hydrogen) atoms. The van der Waals surface area contributed by atoms with Gasteiger partial charge in [-0.25, -0.2) is 4.39 Å². The summed E-state index contributed by atoms with van der Waals surface area (Å²) in [7, 11) is 0. The summed E-state index contributed by atoms with van der Waals surface area (Å²) in [6, 6.07) is 5.71. The minimum Gasteiger partial charge on any atom is -0.484 e. The third-order valence-corrected chi connectivity index (χ3v) is 2.98. The Bertz CT molecular complexity index is 416. The van der Waals surface area contributed by atoms with Gasteiger partial charge < -0.3 is 14.7 Å². The lowest BCUT2D eigenvalue weighted by atomic mass is 10.1. The maximum absolute atomic E-state index is 12.9. The third-order valence-electron chi connectivity index (χ3n) is 2.98. The minimum absolute atomic E-state index is 0.0977. The molecule has 0 radical (unpaired) electrons. The van der Waals surface area contributed by atoms with Crippen LogP contribution in [0.5, 0.6) is 5.75 Å². The van der Waals surface area contributed by atoms with E-state index in [1.54, 1.807) is 11.0 Å². The van der Waals surface area contributed by atoms with Crippen molar-refractivity contribution in [2.24, 2.45) is 0 Å². The lowest BCUT2D eigenvalue weighted by Crippen LogP contribution is -2.42. The van der Waals surface area contributed by atoms with Gasteiger partial charge in [-0.05, 0) is 25.0 Å². The van der Waals surface area contributed by atoms with Gasteiger partial charge in [0.25, 0.3) is 5.91 Å². The summed E-state index contributed by atoms with van der Waals surface area (Å²) in [5, 5.41) is 9.34. The first-order valence-electron chi connectivity index (χ1n) is 5.99. The van der Waals surface area contributed by atoms with Gasteiger partial charge in [-0.1, -0.05) is 6.07 Å². The van der Waals surface area contributed by atoms with Gasteiger partial charge >= 0.3 is 0 Å². The zero-order chi connectivity index (χ0) is 13.0. The molecule has 0 saturated carbocycles. The van der Waals surface area contributed by atoms with Crippen molar-refractivity contribution in [2.75, 3.05) is 19.7 Å². The quantitative estimate of drug-likeness (QED) is 0.880. The van der Waals surface area contributed by atoms with Gasteiger partial charge in [0.15, 0.2) is 6.61 Å². The van der Waals surface area contributed by atoms with E-state index in [0.29, 0.717) is 31.7 Å². The number of benzene rings is 1. The highest BCUT2D eigenvalue weighted by molar-refractivity contribution is 5.77. The van der Waals surface area contributed by atoms with Crippen molar-refractivity contribution in [2.45, 2.75) is 18.9 Å². The molecule has 5 heteroatoms. The molecule has 0 aromatic heterocycles. The highest BCUT2D eigenvalue weighted by atomic mass is 19.1. The van der Waals surface area contributed by atoms with Gasteiger partial charge in [-0.3, -0.25) is 4.79 Å². The summed E-state index contributed by atoms with van der Waals surface area (Å²) in [6.45, 7) is 0.999. The predicted octanol–water partition coefficient (Wildman–Crippen LogP) is 1.19. The molecule has 1 amide bonds. The number of nitrogens with zero attached hydrogens (tertiary/aromatic N) is 1. The molecule has 0 unspecified atom stereocenters. The van der Waals surface area contributed by atoms with Crippen LogP contribution >= 0.6 is 0 Å². The normalized spacial score (nSPS) is 16.7. The number of piperidine rings is 1. The Hall–Kier alpha value is -1.62. The number of aliphatic hydroxyl groups excluding tert-OH is 1. The number of likely N-dealkylation sites (tertiary alicyclic amines) is 1. The van der Waals surface area contributed by atoms with Crippen LogP contribution in [0.2, 0.25) is 0 Å². The van der Waals surface area contributed by atoms with Crippen molar-refractivity contribution < 1.29 is 19.0 Å². The molecule has 1 aliphatic heterocycles. The molecule has 0 spiro atoms. The number of hydrogen-bond donors (Lipinski definition) is 1. The second kappa shape index (κ2) is 5.82. The number of rotatable bonds is 3. The molecule has 1 aromatic rings. The van der Waals surface area contributed by atoms with Crippen LogP contribution in [0, 0.1) is 5.82 Å². The molecule has 1 aromatic carbocycles. The Morgan fingerprint density at radius 2 is 2.17 bits per heavy atom. The van der Waals surface area contributed by atoms with Crippen LogP contribution < -0.4 is 4.74 Å². The van der Waals surface area contributed by atoms with E-state index in [-0.39, 0.29) is 24.4 Å². The van der Waals surface area contributed by atoms with E-state index in [2.05, 4.69) is 0 Å². The van der Waals surface area contributed by atoms with Gasteiger partial charge in [0.05, 0.1) is 6.10 Å². The molecule has 0 atom stereocenters. The van der Waals surface area contributed by atoms with E-state index in [0.717, 1.165) is 0 Å². The second-order valence-electron chi connectivity index (χ2n) is 4.36. The minimum atomic E-state index is -0.388. The van der Waals surface area contributed by atoms with Crippen LogP contribution in [0.1, 0.15) is 12.8 Å². The molecule has 0 aliphatic carbocycles. The number of carbonyl (C=O) groups is 1. The smallest absolute Gasteiger partial charge is 0.260 e. The maximum Gasteiger partial charge on any atom is 0.260 e. The number of amides is 1. The van der Waals surface area contributed by atoms with Gasteiger partial charge in [-0.15, -0.1) is 0 Å². The van der Waals surface area contributed by atoms with E-state index in [1.165, 1.54) is 18.2 Å². The molecule has 0 bridgehead atoms. The predicted molar refractivity (Wildman–Crippen MR) is 63.7 cm³/mol. The third kappa shape index (κ3) is 3.43. The van der Waals surface area contributed by atoms with E-state index in [1.807, 2.05) is 0 Å². The molecule has 1 N–H and O–H groups in total. The van der Waals surface area contributed by atoms with E-state index in [9.17, 15) is 14.3 Å². The summed E-state index contributed by atoms with van der Waals surface area (Å²) in [6.07, 6.45) is 0.899. The van der Waals surface area contributed by atoms with Gasteiger partial charge in [0.2, 0.25) is 0 Å². The fourth-order valence-corrected chi connectivity index (χ4v) is 1.91. The summed E-state index contributed by atoms with van der Waals surface area (Å²) < 4.78 is 18.1. The fourth-order valence-electron chi connectivity index (χ4n) is 1.91. The van der Waals surface area contributed by atoms with Crippen LogP contribution in [-0.4, -0.2) is 41.7 Å². The highest BCUT2D eigenvalue weighted by Gasteiger charge is 2.21. The standard InChI is InChI=1S/C13H16FNO3/c14-10-2-1-3-12(8-10)18-9-13(17)15-6-4-11(16)5-7-15/h1-3,8,11,16H,4-7,9H2. The van der Waals surface area contributed by atoms with Crippen molar-refractivity contribution in [3.63, 3.8) is 0 Å². The largest absolute Gasteiger partial charge is 0.484 e. The number of halogens is 1. The SMILES string of the molecule is O=C(COc1cccc(F)c1)N1CCC(O)CC1. The molecule has 1 heterocycles. The number of ether oxygens (including phenoxy) is 1. The summed E-state index contributed by atoms with van der Waals surface area (Å²) in [5.74, 6) is -0.174. The average molecular weight is 253 g/mol. The van der Waals surface area contributed by atoms with Crippen LogP contribution in [-0.2, 0) is 4.79 Å². The van der Waals surface area contributed by atoms with Crippen molar-refractivity contribution in [1.29, 1.82) is 0 Å². The summed E-state index contributed by atoms with van der Waals surface area (Å²) in [5.41, 5.74) is 0. The first-order valence-corrected chi connectivity index (χ1v) is 5.99. The molecular formula is C13H16FNO3. The first-order chi connectivity index (χ1) is 8.65. The molecule has 98 valence electrons. The Balaban J connectivity index is 1.81. The zero-order valence-corrected chi connectivity index (χ0v) is 10.0. The van der Waals surface area contributed by atoms with Gasteiger partial charge in [0, 0.05) is 19.2 Å². The first kappa shape index (κ1) is 12.8.